The van der Waals surface area contributed by atoms with Gasteiger partial charge in [-0.2, -0.15) is 5.26 Å². The third-order valence-corrected chi connectivity index (χ3v) is 3.70. The number of anilines is 1. The number of nitrogens with zero attached hydrogens (tertiary/aromatic N) is 1. The van der Waals surface area contributed by atoms with Crippen molar-refractivity contribution in [1.29, 1.82) is 5.26 Å². The van der Waals surface area contributed by atoms with Crippen LogP contribution in [0.3, 0.4) is 0 Å². The molecule has 0 saturated heterocycles. The summed E-state index contributed by atoms with van der Waals surface area (Å²) in [5, 5.41) is 11.9. The number of hydrogen-bond donors (Lipinski definition) is 1. The normalized spacial score (nSPS) is 10.8. The second kappa shape index (κ2) is 8.31. The van der Waals surface area contributed by atoms with E-state index < -0.39 is 11.7 Å². The average Bonchev–Trinajstić information content (AvgIpc) is 2.60. The van der Waals surface area contributed by atoms with Gasteiger partial charge in [0.05, 0.1) is 14.2 Å². The van der Waals surface area contributed by atoms with Crippen LogP contribution in [0.4, 0.5) is 10.1 Å². The zero-order valence-corrected chi connectivity index (χ0v) is 15.1. The van der Waals surface area contributed by atoms with Crippen molar-refractivity contribution in [1.82, 2.24) is 0 Å². The lowest BCUT2D eigenvalue weighted by molar-refractivity contribution is -0.112. The van der Waals surface area contributed by atoms with Crippen molar-refractivity contribution in [2.24, 2.45) is 0 Å². The number of nitriles is 1. The Morgan fingerprint density at radius 3 is 2.48 bits per heavy atom. The standard InChI is InChI=1S/C18H14BrFN2O3/c1-24-16-9-13(19)8-11(17(16)25-2)7-12(10-21)18(23)22-15-5-3-14(20)4-6-15/h3-9H,1-2H3,(H,22,23)/b12-7+. The Morgan fingerprint density at radius 1 is 1.24 bits per heavy atom. The number of ether oxygens (including phenoxy) is 2. The van der Waals surface area contributed by atoms with E-state index in [2.05, 4.69) is 21.2 Å². The molecule has 0 radical (unpaired) electrons. The minimum Gasteiger partial charge on any atom is -0.493 e. The quantitative estimate of drug-likeness (QED) is 0.599. The molecule has 0 aliphatic carbocycles. The zero-order chi connectivity index (χ0) is 18.4. The maximum atomic E-state index is 12.9. The van der Waals surface area contributed by atoms with Crippen LogP contribution in [0.2, 0.25) is 0 Å². The predicted octanol–water partition coefficient (Wildman–Crippen LogP) is 4.15. The number of rotatable bonds is 5. The van der Waals surface area contributed by atoms with Crippen molar-refractivity contribution in [2.75, 3.05) is 19.5 Å². The minimum atomic E-state index is -0.616. The lowest BCUT2D eigenvalue weighted by atomic mass is 10.1. The molecule has 2 aromatic carbocycles. The third kappa shape index (κ3) is 4.58. The topological polar surface area (TPSA) is 71.3 Å². The number of carbonyl (C=O) groups is 1. The molecule has 0 heterocycles. The highest BCUT2D eigenvalue weighted by molar-refractivity contribution is 9.10. The van der Waals surface area contributed by atoms with Gasteiger partial charge in [0, 0.05) is 15.7 Å². The summed E-state index contributed by atoms with van der Waals surface area (Å²) in [5.41, 5.74) is 0.744. The summed E-state index contributed by atoms with van der Waals surface area (Å²) in [6.45, 7) is 0. The number of carbonyl (C=O) groups excluding carboxylic acids is 1. The zero-order valence-electron chi connectivity index (χ0n) is 13.5. The summed E-state index contributed by atoms with van der Waals surface area (Å²) in [4.78, 5) is 12.3. The summed E-state index contributed by atoms with van der Waals surface area (Å²) in [7, 11) is 2.96. The van der Waals surface area contributed by atoms with Crippen LogP contribution in [0.25, 0.3) is 6.08 Å². The van der Waals surface area contributed by atoms with Gasteiger partial charge in [-0.1, -0.05) is 15.9 Å². The van der Waals surface area contributed by atoms with Crippen LogP contribution in [-0.4, -0.2) is 20.1 Å². The van der Waals surface area contributed by atoms with Crippen molar-refractivity contribution in [3.63, 3.8) is 0 Å². The molecule has 0 aliphatic rings. The molecule has 0 atom stereocenters. The van der Waals surface area contributed by atoms with Crippen LogP contribution < -0.4 is 14.8 Å². The van der Waals surface area contributed by atoms with Crippen molar-refractivity contribution in [3.05, 3.63) is 57.8 Å². The van der Waals surface area contributed by atoms with Gasteiger partial charge >= 0.3 is 0 Å². The molecule has 25 heavy (non-hydrogen) atoms. The Kier molecular flexibility index (Phi) is 6.14. The highest BCUT2D eigenvalue weighted by atomic mass is 79.9. The Balaban J connectivity index is 2.37. The first-order valence-electron chi connectivity index (χ1n) is 7.08. The maximum absolute atomic E-state index is 12.9. The van der Waals surface area contributed by atoms with E-state index in [0.717, 1.165) is 0 Å². The molecule has 0 aromatic heterocycles. The van der Waals surface area contributed by atoms with Crippen LogP contribution in [0.15, 0.2) is 46.4 Å². The third-order valence-electron chi connectivity index (χ3n) is 3.24. The molecular weight excluding hydrogens is 391 g/mol. The van der Waals surface area contributed by atoms with Gasteiger partial charge in [0.25, 0.3) is 5.91 Å². The van der Waals surface area contributed by atoms with Crippen LogP contribution in [0.5, 0.6) is 11.5 Å². The summed E-state index contributed by atoms with van der Waals surface area (Å²) in [5.74, 6) is -0.178. The summed E-state index contributed by atoms with van der Waals surface area (Å²) in [6.07, 6.45) is 1.39. The first-order chi connectivity index (χ1) is 12.0. The summed E-state index contributed by atoms with van der Waals surface area (Å²) < 4.78 is 24.2. The second-order valence-corrected chi connectivity index (χ2v) is 5.78. The fourth-order valence-corrected chi connectivity index (χ4v) is 2.56. The summed E-state index contributed by atoms with van der Waals surface area (Å²) >= 11 is 3.34. The van der Waals surface area contributed by atoms with E-state index in [1.807, 2.05) is 6.07 Å². The Morgan fingerprint density at radius 2 is 1.92 bits per heavy atom. The average molecular weight is 405 g/mol. The van der Waals surface area contributed by atoms with Crippen molar-refractivity contribution >= 4 is 33.6 Å². The van der Waals surface area contributed by atoms with Gasteiger partial charge in [-0.15, -0.1) is 0 Å². The molecule has 0 aliphatic heterocycles. The number of methoxy groups -OCH3 is 2. The van der Waals surface area contributed by atoms with Gasteiger partial charge in [-0.05, 0) is 42.5 Å². The van der Waals surface area contributed by atoms with Crippen LogP contribution in [0.1, 0.15) is 5.56 Å². The SMILES string of the molecule is COc1cc(Br)cc(/C=C(\C#N)C(=O)Nc2ccc(F)cc2)c1OC. The first kappa shape index (κ1) is 18.5. The number of benzene rings is 2. The molecule has 2 aromatic rings. The van der Waals surface area contributed by atoms with E-state index >= 15 is 0 Å². The van der Waals surface area contributed by atoms with Crippen molar-refractivity contribution in [3.8, 4) is 17.6 Å². The highest BCUT2D eigenvalue weighted by Crippen LogP contribution is 2.35. The Hall–Kier alpha value is -2.85. The van der Waals surface area contributed by atoms with E-state index in [9.17, 15) is 14.4 Å². The number of amides is 1. The molecule has 7 heteroatoms. The minimum absolute atomic E-state index is 0.136. The number of halogens is 2. The van der Waals surface area contributed by atoms with Crippen LogP contribution >= 0.6 is 15.9 Å². The molecular formula is C18H14BrFN2O3. The monoisotopic (exact) mass is 404 g/mol. The van der Waals surface area contributed by atoms with Crippen molar-refractivity contribution < 1.29 is 18.7 Å². The lowest BCUT2D eigenvalue weighted by Crippen LogP contribution is -2.13. The Bertz CT molecular complexity index is 858. The first-order valence-corrected chi connectivity index (χ1v) is 7.88. The molecule has 5 nitrogen and oxygen atoms in total. The van der Waals surface area contributed by atoms with Gasteiger partial charge in [-0.25, -0.2) is 4.39 Å². The molecule has 0 bridgehead atoms. The summed E-state index contributed by atoms with van der Waals surface area (Å²) in [6, 6.07) is 10.5. The molecule has 0 saturated carbocycles. The van der Waals surface area contributed by atoms with E-state index in [1.54, 1.807) is 12.1 Å². The number of hydrogen-bond acceptors (Lipinski definition) is 4. The van der Waals surface area contributed by atoms with E-state index in [1.165, 1.54) is 44.6 Å². The second-order valence-electron chi connectivity index (χ2n) is 4.86. The molecule has 128 valence electrons. The fourth-order valence-electron chi connectivity index (χ4n) is 2.10. The Labute approximate surface area is 152 Å². The highest BCUT2D eigenvalue weighted by Gasteiger charge is 2.15. The van der Waals surface area contributed by atoms with Gasteiger partial charge in [-0.3, -0.25) is 4.79 Å². The molecule has 1 amide bonds. The molecule has 0 unspecified atom stereocenters. The molecule has 1 N–H and O–H groups in total. The van der Waals surface area contributed by atoms with Gasteiger partial charge in [0.2, 0.25) is 0 Å². The van der Waals surface area contributed by atoms with E-state index in [4.69, 9.17) is 9.47 Å². The number of nitrogens with one attached hydrogen (secondary N) is 1. The fraction of sp³-hybridized carbons (Fsp3) is 0.111. The molecule has 0 fully saturated rings. The largest absolute Gasteiger partial charge is 0.493 e. The van der Waals surface area contributed by atoms with Gasteiger partial charge in [0.15, 0.2) is 11.5 Å². The van der Waals surface area contributed by atoms with Gasteiger partial charge in [0.1, 0.15) is 17.5 Å². The van der Waals surface area contributed by atoms with Crippen LogP contribution in [-0.2, 0) is 4.79 Å². The predicted molar refractivity (Wildman–Crippen MR) is 95.9 cm³/mol. The molecule has 0 spiro atoms. The van der Waals surface area contributed by atoms with Crippen LogP contribution in [0, 0.1) is 17.1 Å². The maximum Gasteiger partial charge on any atom is 0.266 e. The van der Waals surface area contributed by atoms with E-state index in [-0.39, 0.29) is 5.57 Å². The van der Waals surface area contributed by atoms with Gasteiger partial charge < -0.3 is 14.8 Å². The van der Waals surface area contributed by atoms with Crippen molar-refractivity contribution in [2.45, 2.75) is 0 Å². The molecule has 2 rings (SSSR count). The smallest absolute Gasteiger partial charge is 0.266 e. The van der Waals surface area contributed by atoms with E-state index in [0.29, 0.717) is 27.2 Å². The lowest BCUT2D eigenvalue weighted by Gasteiger charge is -2.12.